The van der Waals surface area contributed by atoms with Gasteiger partial charge in [0.25, 0.3) is 0 Å². The molecule has 0 radical (unpaired) electrons. The molecule has 0 fully saturated rings. The molecule has 0 aromatic heterocycles. The summed E-state index contributed by atoms with van der Waals surface area (Å²) in [5.74, 6) is 0.934. The van der Waals surface area contributed by atoms with Crippen LogP contribution in [0.1, 0.15) is 24.8 Å². The predicted molar refractivity (Wildman–Crippen MR) is 61.7 cm³/mol. The van der Waals surface area contributed by atoms with Crippen molar-refractivity contribution < 1.29 is 4.74 Å². The molecule has 0 saturated carbocycles. The summed E-state index contributed by atoms with van der Waals surface area (Å²) >= 11 is 0. The SMILES string of the molecule is NCc1ccc(OC2C=CCCC2)cc1. The fraction of sp³-hybridized carbons (Fsp3) is 0.385. The fourth-order valence-electron chi connectivity index (χ4n) is 1.76. The lowest BCUT2D eigenvalue weighted by atomic mass is 10.1. The average Bonchev–Trinajstić information content (AvgIpc) is 2.31. The van der Waals surface area contributed by atoms with Gasteiger partial charge in [0.15, 0.2) is 0 Å². The molecule has 0 amide bonds. The molecule has 1 aromatic rings. The molecule has 15 heavy (non-hydrogen) atoms. The second-order valence-electron chi connectivity index (χ2n) is 3.86. The van der Waals surface area contributed by atoms with Gasteiger partial charge in [-0.1, -0.05) is 18.2 Å². The van der Waals surface area contributed by atoms with Crippen LogP contribution in [0.3, 0.4) is 0 Å². The first-order valence-corrected chi connectivity index (χ1v) is 5.51. The Bertz CT molecular complexity index is 329. The third-order valence-corrected chi connectivity index (χ3v) is 2.66. The van der Waals surface area contributed by atoms with Gasteiger partial charge in [-0.15, -0.1) is 0 Å². The maximum atomic E-state index is 5.83. The molecule has 2 N–H and O–H groups in total. The molecular formula is C13H17NO. The Labute approximate surface area is 90.7 Å². The van der Waals surface area contributed by atoms with Gasteiger partial charge in [0.2, 0.25) is 0 Å². The normalized spacial score (nSPS) is 20.2. The summed E-state index contributed by atoms with van der Waals surface area (Å²) in [6.45, 7) is 0.587. The van der Waals surface area contributed by atoms with Crippen molar-refractivity contribution in [3.8, 4) is 5.75 Å². The maximum absolute atomic E-state index is 5.83. The van der Waals surface area contributed by atoms with E-state index in [1.54, 1.807) is 0 Å². The van der Waals surface area contributed by atoms with Crippen molar-refractivity contribution in [1.29, 1.82) is 0 Å². The molecular weight excluding hydrogens is 186 g/mol. The van der Waals surface area contributed by atoms with E-state index in [4.69, 9.17) is 10.5 Å². The zero-order valence-electron chi connectivity index (χ0n) is 8.86. The number of hydrogen-bond donors (Lipinski definition) is 1. The molecule has 80 valence electrons. The first-order chi connectivity index (χ1) is 7.38. The van der Waals surface area contributed by atoms with Crippen LogP contribution in [-0.2, 0) is 6.54 Å². The molecule has 1 aromatic carbocycles. The van der Waals surface area contributed by atoms with E-state index in [-0.39, 0.29) is 6.10 Å². The Hall–Kier alpha value is -1.28. The van der Waals surface area contributed by atoms with Crippen LogP contribution in [0.5, 0.6) is 5.75 Å². The smallest absolute Gasteiger partial charge is 0.120 e. The van der Waals surface area contributed by atoms with Gasteiger partial charge >= 0.3 is 0 Å². The Morgan fingerprint density at radius 1 is 1.27 bits per heavy atom. The van der Waals surface area contributed by atoms with Gasteiger partial charge in [-0.3, -0.25) is 0 Å². The van der Waals surface area contributed by atoms with Crippen LogP contribution in [0.15, 0.2) is 36.4 Å². The van der Waals surface area contributed by atoms with E-state index < -0.39 is 0 Å². The predicted octanol–water partition coefficient (Wildman–Crippen LogP) is 2.63. The van der Waals surface area contributed by atoms with E-state index in [0.717, 1.165) is 17.7 Å². The summed E-state index contributed by atoms with van der Waals surface area (Å²) in [7, 11) is 0. The molecule has 2 nitrogen and oxygen atoms in total. The minimum Gasteiger partial charge on any atom is -0.486 e. The summed E-state index contributed by atoms with van der Waals surface area (Å²) in [6, 6.07) is 8.01. The lowest BCUT2D eigenvalue weighted by Gasteiger charge is -2.18. The number of rotatable bonds is 3. The number of nitrogens with two attached hydrogens (primary N) is 1. The van der Waals surface area contributed by atoms with E-state index in [1.165, 1.54) is 12.8 Å². The van der Waals surface area contributed by atoms with Crippen molar-refractivity contribution in [2.45, 2.75) is 31.9 Å². The monoisotopic (exact) mass is 203 g/mol. The van der Waals surface area contributed by atoms with Crippen LogP contribution >= 0.6 is 0 Å². The molecule has 1 aliphatic carbocycles. The lowest BCUT2D eigenvalue weighted by molar-refractivity contribution is 0.230. The van der Waals surface area contributed by atoms with Gasteiger partial charge in [-0.05, 0) is 43.0 Å². The van der Waals surface area contributed by atoms with E-state index >= 15 is 0 Å². The summed E-state index contributed by atoms with van der Waals surface area (Å²) < 4.78 is 5.83. The van der Waals surface area contributed by atoms with Crippen molar-refractivity contribution in [2.75, 3.05) is 0 Å². The minimum absolute atomic E-state index is 0.252. The molecule has 0 spiro atoms. The maximum Gasteiger partial charge on any atom is 0.120 e. The van der Waals surface area contributed by atoms with Crippen LogP contribution < -0.4 is 10.5 Å². The molecule has 2 rings (SSSR count). The summed E-state index contributed by atoms with van der Waals surface area (Å²) in [4.78, 5) is 0. The highest BCUT2D eigenvalue weighted by Gasteiger charge is 2.09. The minimum atomic E-state index is 0.252. The van der Waals surface area contributed by atoms with Crippen molar-refractivity contribution in [2.24, 2.45) is 5.73 Å². The van der Waals surface area contributed by atoms with E-state index in [0.29, 0.717) is 6.54 Å². The van der Waals surface area contributed by atoms with Gasteiger partial charge in [0.1, 0.15) is 11.9 Å². The van der Waals surface area contributed by atoms with Crippen LogP contribution in [0.4, 0.5) is 0 Å². The number of benzene rings is 1. The average molecular weight is 203 g/mol. The Balaban J connectivity index is 1.97. The van der Waals surface area contributed by atoms with Gasteiger partial charge < -0.3 is 10.5 Å². The van der Waals surface area contributed by atoms with Crippen LogP contribution in [0.2, 0.25) is 0 Å². The third-order valence-electron chi connectivity index (χ3n) is 2.66. The second kappa shape index (κ2) is 4.99. The first kappa shape index (κ1) is 10.2. The van der Waals surface area contributed by atoms with Crippen LogP contribution in [0, 0.1) is 0 Å². The molecule has 1 aliphatic rings. The Kier molecular flexibility index (Phi) is 3.41. The largest absolute Gasteiger partial charge is 0.486 e. The summed E-state index contributed by atoms with van der Waals surface area (Å²) in [5.41, 5.74) is 6.67. The molecule has 0 aliphatic heterocycles. The molecule has 0 saturated heterocycles. The highest BCUT2D eigenvalue weighted by Crippen LogP contribution is 2.19. The fourth-order valence-corrected chi connectivity index (χ4v) is 1.76. The standard InChI is InChI=1S/C13H17NO/c14-10-11-6-8-13(9-7-11)15-12-4-2-1-3-5-12/h2,4,6-9,12H,1,3,5,10,14H2. The topological polar surface area (TPSA) is 35.2 Å². The van der Waals surface area contributed by atoms with Crippen molar-refractivity contribution in [3.63, 3.8) is 0 Å². The molecule has 1 atom stereocenters. The second-order valence-corrected chi connectivity index (χ2v) is 3.86. The Morgan fingerprint density at radius 3 is 2.67 bits per heavy atom. The quantitative estimate of drug-likeness (QED) is 0.766. The summed E-state index contributed by atoms with van der Waals surface area (Å²) in [6.07, 6.45) is 8.13. The van der Waals surface area contributed by atoms with Crippen molar-refractivity contribution in [3.05, 3.63) is 42.0 Å². The molecule has 1 unspecified atom stereocenters. The molecule has 0 bridgehead atoms. The highest BCUT2D eigenvalue weighted by atomic mass is 16.5. The third kappa shape index (κ3) is 2.83. The van der Waals surface area contributed by atoms with Gasteiger partial charge in [-0.2, -0.15) is 0 Å². The number of ether oxygens (including phenoxy) is 1. The van der Waals surface area contributed by atoms with Gasteiger partial charge in [-0.25, -0.2) is 0 Å². The van der Waals surface area contributed by atoms with E-state index in [2.05, 4.69) is 12.2 Å². The number of hydrogen-bond acceptors (Lipinski definition) is 2. The summed E-state index contributed by atoms with van der Waals surface area (Å²) in [5, 5.41) is 0. The van der Waals surface area contributed by atoms with Crippen LogP contribution in [-0.4, -0.2) is 6.10 Å². The van der Waals surface area contributed by atoms with Gasteiger partial charge in [0.05, 0.1) is 0 Å². The van der Waals surface area contributed by atoms with Crippen LogP contribution in [0.25, 0.3) is 0 Å². The zero-order valence-corrected chi connectivity index (χ0v) is 8.86. The highest BCUT2D eigenvalue weighted by molar-refractivity contribution is 5.27. The zero-order chi connectivity index (χ0) is 10.5. The van der Waals surface area contributed by atoms with Gasteiger partial charge in [0, 0.05) is 6.54 Å². The number of allylic oxidation sites excluding steroid dienone is 1. The van der Waals surface area contributed by atoms with Crippen molar-refractivity contribution in [1.82, 2.24) is 0 Å². The van der Waals surface area contributed by atoms with E-state index in [1.807, 2.05) is 24.3 Å². The molecule has 2 heteroatoms. The first-order valence-electron chi connectivity index (χ1n) is 5.51. The van der Waals surface area contributed by atoms with E-state index in [9.17, 15) is 0 Å². The lowest BCUT2D eigenvalue weighted by Crippen LogP contribution is -2.15. The molecule has 0 heterocycles. The van der Waals surface area contributed by atoms with Crippen molar-refractivity contribution >= 4 is 0 Å². The Morgan fingerprint density at radius 2 is 2.07 bits per heavy atom.